The number of hydrogen-bond donors (Lipinski definition) is 1. The summed E-state index contributed by atoms with van der Waals surface area (Å²) >= 11 is 0. The van der Waals surface area contributed by atoms with Crippen LogP contribution in [0.15, 0.2) is 24.5 Å². The van der Waals surface area contributed by atoms with E-state index < -0.39 is 35.8 Å². The summed E-state index contributed by atoms with van der Waals surface area (Å²) in [5, 5.41) is 0. The van der Waals surface area contributed by atoms with Crippen LogP contribution in [0.1, 0.15) is 31.4 Å². The van der Waals surface area contributed by atoms with Crippen molar-refractivity contribution in [1.29, 1.82) is 0 Å². The quantitative estimate of drug-likeness (QED) is 0.375. The van der Waals surface area contributed by atoms with Gasteiger partial charge in [0.1, 0.15) is 0 Å². The lowest BCUT2D eigenvalue weighted by atomic mass is 9.96. The SMILES string of the molecule is NCc1cc(N2CCC(C(F)(F)F)CC2)c(F)cn1.[C-]#[N+]c1cc(N2CCC(C(F)(F)F)CC2)c(F)cn1. The molecular formula is C24H26F8N6. The number of piperidine rings is 2. The van der Waals surface area contributed by atoms with Gasteiger partial charge in [0.2, 0.25) is 0 Å². The Bertz CT molecular complexity index is 1110. The predicted molar refractivity (Wildman–Crippen MR) is 125 cm³/mol. The summed E-state index contributed by atoms with van der Waals surface area (Å²) in [5.74, 6) is -3.72. The summed E-state index contributed by atoms with van der Waals surface area (Å²) in [6.45, 7) is 7.62. The van der Waals surface area contributed by atoms with Gasteiger partial charge in [0.05, 0.1) is 35.1 Å². The highest BCUT2D eigenvalue weighted by Gasteiger charge is 2.42. The average Bonchev–Trinajstić information content (AvgIpc) is 2.89. The second-order valence-corrected chi connectivity index (χ2v) is 9.04. The van der Waals surface area contributed by atoms with Crippen molar-refractivity contribution in [2.24, 2.45) is 17.6 Å². The number of aromatic nitrogens is 2. The Morgan fingerprint density at radius 3 is 1.61 bits per heavy atom. The van der Waals surface area contributed by atoms with Crippen molar-refractivity contribution in [1.82, 2.24) is 9.97 Å². The molecule has 14 heteroatoms. The second-order valence-electron chi connectivity index (χ2n) is 9.04. The van der Waals surface area contributed by atoms with Crippen molar-refractivity contribution in [3.8, 4) is 0 Å². The summed E-state index contributed by atoms with van der Waals surface area (Å²) in [6.07, 6.45) is -6.49. The fourth-order valence-electron chi connectivity index (χ4n) is 4.44. The molecule has 0 saturated carbocycles. The molecule has 0 spiro atoms. The highest BCUT2D eigenvalue weighted by Crippen LogP contribution is 2.37. The first kappa shape index (κ1) is 29.3. The van der Waals surface area contributed by atoms with Gasteiger partial charge in [0.15, 0.2) is 17.8 Å². The topological polar surface area (TPSA) is 62.6 Å². The first-order valence-electron chi connectivity index (χ1n) is 11.8. The normalized spacial score (nSPS) is 17.6. The van der Waals surface area contributed by atoms with Gasteiger partial charge in [-0.1, -0.05) is 6.57 Å². The van der Waals surface area contributed by atoms with E-state index in [0.29, 0.717) is 5.69 Å². The fourth-order valence-corrected chi connectivity index (χ4v) is 4.44. The molecule has 208 valence electrons. The zero-order valence-electron chi connectivity index (χ0n) is 20.2. The molecule has 2 saturated heterocycles. The second kappa shape index (κ2) is 12.1. The molecule has 2 aliphatic rings. The lowest BCUT2D eigenvalue weighted by Crippen LogP contribution is -2.39. The number of nitrogens with zero attached hydrogens (tertiary/aromatic N) is 5. The first-order valence-corrected chi connectivity index (χ1v) is 11.8. The molecule has 2 aromatic rings. The van der Waals surface area contributed by atoms with Gasteiger partial charge in [-0.25, -0.2) is 8.78 Å². The standard InChI is InChI=1S/C12H11F4N3.C12H15F4N3/c1-17-11-6-10(9(13)7-18-11)19-4-2-8(3-5-19)12(14,15)16;13-10-7-18-9(6-17)5-11(10)19-3-1-8(2-4-19)12(14,15)16/h6-8H,2-5H2;5,7-8H,1-4,6,17H2. The van der Waals surface area contributed by atoms with Crippen molar-refractivity contribution in [3.05, 3.63) is 53.3 Å². The van der Waals surface area contributed by atoms with E-state index in [0.717, 1.165) is 12.4 Å². The lowest BCUT2D eigenvalue weighted by molar-refractivity contribution is -0.179. The van der Waals surface area contributed by atoms with Gasteiger partial charge in [-0.3, -0.25) is 4.98 Å². The molecule has 0 radical (unpaired) electrons. The Morgan fingerprint density at radius 1 is 0.789 bits per heavy atom. The summed E-state index contributed by atoms with van der Waals surface area (Å²) in [5.41, 5.74) is 6.39. The van der Waals surface area contributed by atoms with E-state index in [-0.39, 0.29) is 75.6 Å². The molecule has 0 unspecified atom stereocenters. The van der Waals surface area contributed by atoms with Gasteiger partial charge in [0.25, 0.3) is 5.82 Å². The van der Waals surface area contributed by atoms with Crippen LogP contribution in [0.3, 0.4) is 0 Å². The average molecular weight is 550 g/mol. The van der Waals surface area contributed by atoms with Crippen LogP contribution in [0.4, 0.5) is 52.3 Å². The molecule has 4 heterocycles. The lowest BCUT2D eigenvalue weighted by Gasteiger charge is -2.34. The molecule has 0 aromatic carbocycles. The van der Waals surface area contributed by atoms with E-state index >= 15 is 0 Å². The van der Waals surface area contributed by atoms with E-state index in [1.165, 1.54) is 17.0 Å². The van der Waals surface area contributed by atoms with Crippen LogP contribution in [0.5, 0.6) is 0 Å². The monoisotopic (exact) mass is 550 g/mol. The van der Waals surface area contributed by atoms with Gasteiger partial charge < -0.3 is 20.4 Å². The third kappa shape index (κ3) is 7.43. The molecule has 0 atom stereocenters. The maximum absolute atomic E-state index is 13.7. The summed E-state index contributed by atoms with van der Waals surface area (Å²) in [7, 11) is 0. The zero-order chi connectivity index (χ0) is 28.1. The summed E-state index contributed by atoms with van der Waals surface area (Å²) < 4.78 is 102. The molecule has 2 aromatic heterocycles. The van der Waals surface area contributed by atoms with Crippen LogP contribution >= 0.6 is 0 Å². The maximum Gasteiger partial charge on any atom is 0.391 e. The number of halogens is 8. The Morgan fingerprint density at radius 2 is 1.21 bits per heavy atom. The van der Waals surface area contributed by atoms with Crippen molar-refractivity contribution in [2.75, 3.05) is 36.0 Å². The van der Waals surface area contributed by atoms with E-state index in [1.54, 1.807) is 4.90 Å². The molecular weight excluding hydrogens is 524 g/mol. The molecule has 2 aliphatic heterocycles. The van der Waals surface area contributed by atoms with E-state index in [1.807, 2.05) is 0 Å². The Hall–Kier alpha value is -3.21. The van der Waals surface area contributed by atoms with E-state index in [2.05, 4.69) is 14.8 Å². The molecule has 38 heavy (non-hydrogen) atoms. The Balaban J connectivity index is 0.000000211. The molecule has 0 bridgehead atoms. The summed E-state index contributed by atoms with van der Waals surface area (Å²) in [4.78, 5) is 13.6. The minimum Gasteiger partial charge on any atom is -0.370 e. The predicted octanol–water partition coefficient (Wildman–Crippen LogP) is 6.01. The maximum atomic E-state index is 13.7. The third-order valence-electron chi connectivity index (χ3n) is 6.63. The zero-order valence-corrected chi connectivity index (χ0v) is 20.2. The number of anilines is 2. The van der Waals surface area contributed by atoms with Crippen molar-refractivity contribution < 1.29 is 35.1 Å². The van der Waals surface area contributed by atoms with Gasteiger partial charge in [-0.2, -0.15) is 26.3 Å². The van der Waals surface area contributed by atoms with Crippen molar-refractivity contribution >= 4 is 17.2 Å². The van der Waals surface area contributed by atoms with Gasteiger partial charge >= 0.3 is 12.4 Å². The highest BCUT2D eigenvalue weighted by atomic mass is 19.4. The van der Waals surface area contributed by atoms with Crippen LogP contribution in [0.25, 0.3) is 4.85 Å². The molecule has 4 rings (SSSR count). The van der Waals surface area contributed by atoms with Crippen LogP contribution < -0.4 is 15.5 Å². The molecule has 2 fully saturated rings. The number of nitrogens with two attached hydrogens (primary N) is 1. The van der Waals surface area contributed by atoms with Crippen LogP contribution in [-0.2, 0) is 6.54 Å². The first-order chi connectivity index (χ1) is 17.8. The highest BCUT2D eigenvalue weighted by molar-refractivity contribution is 5.55. The Kier molecular flexibility index (Phi) is 9.35. The van der Waals surface area contributed by atoms with Crippen LogP contribution in [0, 0.1) is 30.0 Å². The largest absolute Gasteiger partial charge is 0.391 e. The number of rotatable bonds is 3. The molecule has 2 N–H and O–H groups in total. The molecule has 6 nitrogen and oxygen atoms in total. The van der Waals surface area contributed by atoms with E-state index in [9.17, 15) is 35.1 Å². The minimum atomic E-state index is -4.19. The smallest absolute Gasteiger partial charge is 0.370 e. The number of hydrogen-bond acceptors (Lipinski definition) is 5. The van der Waals surface area contributed by atoms with Crippen molar-refractivity contribution in [2.45, 2.75) is 44.6 Å². The van der Waals surface area contributed by atoms with Crippen molar-refractivity contribution in [3.63, 3.8) is 0 Å². The van der Waals surface area contributed by atoms with Gasteiger partial charge in [0, 0.05) is 32.7 Å². The minimum absolute atomic E-state index is 0.0107. The van der Waals surface area contributed by atoms with Gasteiger partial charge in [-0.05, 0) is 37.8 Å². The Labute approximate surface area is 214 Å². The molecule has 0 aliphatic carbocycles. The van der Waals surface area contributed by atoms with Gasteiger partial charge in [-0.15, -0.1) is 4.98 Å². The third-order valence-corrected chi connectivity index (χ3v) is 6.63. The van der Waals surface area contributed by atoms with Crippen LogP contribution in [-0.4, -0.2) is 48.5 Å². The number of alkyl halides is 6. The fraction of sp³-hybridized carbons (Fsp3) is 0.542. The van der Waals surface area contributed by atoms with Crippen LogP contribution in [0.2, 0.25) is 0 Å². The van der Waals surface area contributed by atoms with E-state index in [4.69, 9.17) is 12.3 Å². The number of pyridine rings is 2. The summed E-state index contributed by atoms with van der Waals surface area (Å²) in [6, 6.07) is 2.78. The molecule has 0 amide bonds.